The second-order valence-corrected chi connectivity index (χ2v) is 3.37. The zero-order valence-electron chi connectivity index (χ0n) is 6.09. The van der Waals surface area contributed by atoms with E-state index in [9.17, 15) is 0 Å². The first-order valence-electron chi connectivity index (χ1n) is 3.53. The molecule has 0 bridgehead atoms. The summed E-state index contributed by atoms with van der Waals surface area (Å²) < 4.78 is 5.38. The summed E-state index contributed by atoms with van der Waals surface area (Å²) >= 11 is 1.88. The summed E-state index contributed by atoms with van der Waals surface area (Å²) in [6.07, 6.45) is 5.85. The van der Waals surface area contributed by atoms with E-state index in [-0.39, 0.29) is 0 Å². The molecular formula is C7H14OS. The van der Waals surface area contributed by atoms with Gasteiger partial charge >= 0.3 is 0 Å². The molecule has 54 valence electrons. The minimum absolute atomic E-state index is 0.597. The lowest BCUT2D eigenvalue weighted by Crippen LogP contribution is -1.95. The zero-order valence-corrected chi connectivity index (χ0v) is 6.91. The summed E-state index contributed by atoms with van der Waals surface area (Å²) in [7, 11) is 0. The van der Waals surface area contributed by atoms with Crippen LogP contribution in [0.3, 0.4) is 0 Å². The topological polar surface area (TPSA) is 12.5 Å². The van der Waals surface area contributed by atoms with Crippen molar-refractivity contribution in [3.05, 3.63) is 0 Å². The molecule has 1 nitrogen and oxygen atoms in total. The average molecular weight is 146 g/mol. The lowest BCUT2D eigenvalue weighted by atomic mass is 10.2. The molecule has 0 aromatic carbocycles. The first-order valence-corrected chi connectivity index (χ1v) is 4.92. The SMILES string of the molecule is CCC[C@@H]1O[C@@H]1CSC. The van der Waals surface area contributed by atoms with Crippen molar-refractivity contribution < 1.29 is 4.74 Å². The fourth-order valence-corrected chi connectivity index (χ4v) is 1.65. The molecule has 1 rings (SSSR count). The Morgan fingerprint density at radius 3 is 2.78 bits per heavy atom. The molecule has 2 atom stereocenters. The van der Waals surface area contributed by atoms with Crippen LogP contribution in [0.5, 0.6) is 0 Å². The van der Waals surface area contributed by atoms with Crippen LogP contribution >= 0.6 is 11.8 Å². The molecule has 1 fully saturated rings. The van der Waals surface area contributed by atoms with Gasteiger partial charge in [-0.25, -0.2) is 0 Å². The van der Waals surface area contributed by atoms with Gasteiger partial charge in [0.15, 0.2) is 0 Å². The van der Waals surface area contributed by atoms with Crippen molar-refractivity contribution in [2.45, 2.75) is 32.0 Å². The fraction of sp³-hybridized carbons (Fsp3) is 1.00. The fourth-order valence-electron chi connectivity index (χ4n) is 1.03. The van der Waals surface area contributed by atoms with Crippen molar-refractivity contribution in [2.75, 3.05) is 12.0 Å². The van der Waals surface area contributed by atoms with E-state index in [1.165, 1.54) is 18.6 Å². The Morgan fingerprint density at radius 1 is 1.44 bits per heavy atom. The van der Waals surface area contributed by atoms with Crippen LogP contribution in [0.2, 0.25) is 0 Å². The van der Waals surface area contributed by atoms with Crippen LogP contribution in [0.1, 0.15) is 19.8 Å². The van der Waals surface area contributed by atoms with Gasteiger partial charge in [-0.05, 0) is 12.7 Å². The molecule has 2 heteroatoms. The summed E-state index contributed by atoms with van der Waals surface area (Å²) in [4.78, 5) is 0. The third-order valence-corrected chi connectivity index (χ3v) is 2.25. The standard InChI is InChI=1S/C7H14OS/c1-3-4-6-7(8-6)5-9-2/h6-7H,3-5H2,1-2H3/t6-,7+/m0/s1. The van der Waals surface area contributed by atoms with Crippen LogP contribution in [-0.4, -0.2) is 24.2 Å². The van der Waals surface area contributed by atoms with Gasteiger partial charge in [-0.3, -0.25) is 0 Å². The third kappa shape index (κ3) is 2.18. The maximum Gasteiger partial charge on any atom is 0.0931 e. The molecule has 1 saturated heterocycles. The van der Waals surface area contributed by atoms with E-state index in [0.717, 1.165) is 0 Å². The zero-order chi connectivity index (χ0) is 6.69. The Balaban J connectivity index is 1.96. The van der Waals surface area contributed by atoms with E-state index < -0.39 is 0 Å². The van der Waals surface area contributed by atoms with Crippen LogP contribution in [0, 0.1) is 0 Å². The van der Waals surface area contributed by atoms with Crippen molar-refractivity contribution >= 4 is 11.8 Å². The van der Waals surface area contributed by atoms with E-state index in [1.807, 2.05) is 11.8 Å². The quantitative estimate of drug-likeness (QED) is 0.562. The smallest absolute Gasteiger partial charge is 0.0931 e. The number of thioether (sulfide) groups is 1. The van der Waals surface area contributed by atoms with E-state index >= 15 is 0 Å². The number of rotatable bonds is 4. The van der Waals surface area contributed by atoms with Crippen molar-refractivity contribution in [1.82, 2.24) is 0 Å². The molecule has 0 amide bonds. The van der Waals surface area contributed by atoms with Crippen LogP contribution in [0.4, 0.5) is 0 Å². The third-order valence-electron chi connectivity index (χ3n) is 1.59. The first kappa shape index (κ1) is 7.42. The van der Waals surface area contributed by atoms with Gasteiger partial charge in [-0.15, -0.1) is 0 Å². The van der Waals surface area contributed by atoms with Gasteiger partial charge in [-0.1, -0.05) is 13.3 Å². The maximum absolute atomic E-state index is 5.38. The minimum atomic E-state index is 0.597. The molecule has 0 aliphatic carbocycles. The molecule has 1 aliphatic heterocycles. The number of ether oxygens (including phenoxy) is 1. The molecule has 9 heavy (non-hydrogen) atoms. The molecule has 0 N–H and O–H groups in total. The predicted molar refractivity (Wildman–Crippen MR) is 42.0 cm³/mol. The molecular weight excluding hydrogens is 132 g/mol. The Kier molecular flexibility index (Phi) is 2.86. The molecule has 0 radical (unpaired) electrons. The van der Waals surface area contributed by atoms with Crippen molar-refractivity contribution in [2.24, 2.45) is 0 Å². The van der Waals surface area contributed by atoms with Gasteiger partial charge in [0.25, 0.3) is 0 Å². The highest BCUT2D eigenvalue weighted by Gasteiger charge is 2.36. The first-order chi connectivity index (χ1) is 4.38. The number of epoxide rings is 1. The van der Waals surface area contributed by atoms with Gasteiger partial charge in [0, 0.05) is 5.75 Å². The van der Waals surface area contributed by atoms with E-state index in [4.69, 9.17) is 4.74 Å². The number of hydrogen-bond donors (Lipinski definition) is 0. The van der Waals surface area contributed by atoms with Gasteiger partial charge in [0.1, 0.15) is 0 Å². The Morgan fingerprint density at radius 2 is 2.22 bits per heavy atom. The molecule has 1 heterocycles. The second-order valence-electron chi connectivity index (χ2n) is 2.46. The van der Waals surface area contributed by atoms with Crippen molar-refractivity contribution in [1.29, 1.82) is 0 Å². The lowest BCUT2D eigenvalue weighted by Gasteiger charge is -1.87. The molecule has 0 unspecified atom stereocenters. The molecule has 0 aromatic rings. The van der Waals surface area contributed by atoms with E-state index in [1.54, 1.807) is 0 Å². The highest BCUT2D eigenvalue weighted by atomic mass is 32.2. The Hall–Kier alpha value is 0.310. The molecule has 1 aliphatic rings. The molecule has 0 aromatic heterocycles. The normalized spacial score (nSPS) is 32.7. The van der Waals surface area contributed by atoms with Gasteiger partial charge < -0.3 is 4.74 Å². The van der Waals surface area contributed by atoms with E-state index in [2.05, 4.69) is 13.2 Å². The summed E-state index contributed by atoms with van der Waals surface area (Å²) in [5, 5.41) is 0. The van der Waals surface area contributed by atoms with Gasteiger partial charge in [0.05, 0.1) is 12.2 Å². The summed E-state index contributed by atoms with van der Waals surface area (Å²) in [6, 6.07) is 0. The average Bonchev–Trinajstić information content (AvgIpc) is 2.50. The Labute approximate surface area is 61.2 Å². The van der Waals surface area contributed by atoms with Gasteiger partial charge in [-0.2, -0.15) is 11.8 Å². The van der Waals surface area contributed by atoms with Gasteiger partial charge in [0.2, 0.25) is 0 Å². The Bertz CT molecular complexity index is 75.0. The van der Waals surface area contributed by atoms with Crippen LogP contribution in [0.15, 0.2) is 0 Å². The summed E-state index contributed by atoms with van der Waals surface area (Å²) in [6.45, 7) is 2.21. The molecule has 0 saturated carbocycles. The second kappa shape index (κ2) is 3.47. The highest BCUT2D eigenvalue weighted by molar-refractivity contribution is 7.98. The largest absolute Gasteiger partial charge is 0.369 e. The minimum Gasteiger partial charge on any atom is -0.369 e. The van der Waals surface area contributed by atoms with Crippen LogP contribution < -0.4 is 0 Å². The van der Waals surface area contributed by atoms with E-state index in [0.29, 0.717) is 12.2 Å². The number of hydrogen-bond acceptors (Lipinski definition) is 2. The monoisotopic (exact) mass is 146 g/mol. The van der Waals surface area contributed by atoms with Crippen LogP contribution in [-0.2, 0) is 4.74 Å². The van der Waals surface area contributed by atoms with Crippen molar-refractivity contribution in [3.8, 4) is 0 Å². The summed E-state index contributed by atoms with van der Waals surface area (Å²) in [5.74, 6) is 1.19. The predicted octanol–water partition coefficient (Wildman–Crippen LogP) is 1.92. The van der Waals surface area contributed by atoms with Crippen LogP contribution in [0.25, 0.3) is 0 Å². The highest BCUT2D eigenvalue weighted by Crippen LogP contribution is 2.28. The summed E-state index contributed by atoms with van der Waals surface area (Å²) in [5.41, 5.74) is 0. The molecule has 0 spiro atoms. The lowest BCUT2D eigenvalue weighted by molar-refractivity contribution is 0.371. The maximum atomic E-state index is 5.38. The van der Waals surface area contributed by atoms with Crippen molar-refractivity contribution in [3.63, 3.8) is 0 Å².